The predicted molar refractivity (Wildman–Crippen MR) is 73.5 cm³/mol. The van der Waals surface area contributed by atoms with Crippen LogP contribution in [0.25, 0.3) is 0 Å². The molecule has 2 rings (SSSR count). The third-order valence-electron chi connectivity index (χ3n) is 3.53. The van der Waals surface area contributed by atoms with E-state index < -0.39 is 0 Å². The van der Waals surface area contributed by atoms with Crippen LogP contribution in [0.15, 0.2) is 4.63 Å². The van der Waals surface area contributed by atoms with Crippen molar-refractivity contribution in [1.29, 1.82) is 5.41 Å². The Morgan fingerprint density at radius 2 is 2.10 bits per heavy atom. The van der Waals surface area contributed by atoms with E-state index in [0.717, 1.165) is 32.8 Å². The van der Waals surface area contributed by atoms with E-state index in [1.807, 2.05) is 0 Å². The van der Waals surface area contributed by atoms with Crippen LogP contribution in [0, 0.1) is 5.41 Å². The Morgan fingerprint density at radius 3 is 2.75 bits per heavy atom. The van der Waals surface area contributed by atoms with Gasteiger partial charge in [-0.2, -0.15) is 0 Å². The molecular weight excluding hydrogens is 260 g/mol. The van der Waals surface area contributed by atoms with Crippen molar-refractivity contribution >= 4 is 5.84 Å². The molecule has 1 aromatic rings. The summed E-state index contributed by atoms with van der Waals surface area (Å²) in [4.78, 5) is 2.40. The summed E-state index contributed by atoms with van der Waals surface area (Å²) >= 11 is 0. The number of nitrogens with two attached hydrogens (primary N) is 1. The number of aromatic nitrogens is 2. The summed E-state index contributed by atoms with van der Waals surface area (Å²) in [7, 11) is 0. The molecule has 1 saturated heterocycles. The highest BCUT2D eigenvalue weighted by molar-refractivity contribution is 5.93. The van der Waals surface area contributed by atoms with Gasteiger partial charge in [0.15, 0.2) is 5.69 Å². The Labute approximate surface area is 118 Å². The molecule has 0 bridgehead atoms. The minimum atomic E-state index is -0.129. The predicted octanol–water partition coefficient (Wildman–Crippen LogP) is -0.446. The van der Waals surface area contributed by atoms with E-state index in [9.17, 15) is 0 Å². The number of hydrogen-bond donors (Lipinski definition) is 3. The number of rotatable bonds is 6. The lowest BCUT2D eigenvalue weighted by Crippen LogP contribution is -2.54. The summed E-state index contributed by atoms with van der Waals surface area (Å²) in [6.07, 6.45) is 0. The molecule has 1 aliphatic heterocycles. The summed E-state index contributed by atoms with van der Waals surface area (Å²) in [6, 6.07) is 0. The summed E-state index contributed by atoms with van der Waals surface area (Å²) < 4.78 is 9.99. The van der Waals surface area contributed by atoms with Crippen LogP contribution in [-0.2, 0) is 11.3 Å². The number of nitrogens with zero attached hydrogens (tertiary/aromatic N) is 3. The van der Waals surface area contributed by atoms with Crippen LogP contribution in [0.4, 0.5) is 0 Å². The average molecular weight is 282 g/mol. The van der Waals surface area contributed by atoms with Gasteiger partial charge < -0.3 is 15.8 Å². The zero-order valence-electron chi connectivity index (χ0n) is 12.0. The third-order valence-corrected chi connectivity index (χ3v) is 3.53. The quantitative estimate of drug-likeness (QED) is 0.478. The van der Waals surface area contributed by atoms with Gasteiger partial charge in [-0.3, -0.25) is 10.3 Å². The maximum Gasteiger partial charge on any atom is 0.173 e. The molecule has 1 fully saturated rings. The number of ether oxygens (including phenoxy) is 1. The first kappa shape index (κ1) is 14.9. The van der Waals surface area contributed by atoms with Gasteiger partial charge in [0, 0.05) is 31.7 Å². The van der Waals surface area contributed by atoms with Crippen LogP contribution < -0.4 is 11.1 Å². The Bertz CT molecular complexity index is 453. The molecule has 0 spiro atoms. The smallest absolute Gasteiger partial charge is 0.173 e. The minimum absolute atomic E-state index is 0.0251. The number of nitrogen functional groups attached to an aromatic ring is 1. The Morgan fingerprint density at radius 1 is 1.40 bits per heavy atom. The third kappa shape index (κ3) is 3.53. The van der Waals surface area contributed by atoms with Crippen LogP contribution in [-0.4, -0.2) is 59.4 Å². The molecule has 1 aliphatic rings. The second-order valence-corrected chi connectivity index (χ2v) is 5.49. The van der Waals surface area contributed by atoms with Crippen molar-refractivity contribution in [2.75, 3.05) is 32.8 Å². The van der Waals surface area contributed by atoms with Crippen LogP contribution in [0.3, 0.4) is 0 Å². The van der Waals surface area contributed by atoms with E-state index in [2.05, 4.69) is 39.0 Å². The molecule has 0 atom stereocenters. The number of nitrogens with one attached hydrogen (secondary N) is 2. The molecule has 4 N–H and O–H groups in total. The van der Waals surface area contributed by atoms with Gasteiger partial charge in [-0.25, -0.2) is 4.63 Å². The van der Waals surface area contributed by atoms with Crippen molar-refractivity contribution in [3.05, 3.63) is 11.4 Å². The molecule has 112 valence electrons. The Hall–Kier alpha value is -1.51. The first-order valence-corrected chi connectivity index (χ1v) is 6.70. The molecule has 2 heterocycles. The van der Waals surface area contributed by atoms with Crippen molar-refractivity contribution in [2.24, 2.45) is 5.73 Å². The highest BCUT2D eigenvalue weighted by Crippen LogP contribution is 2.15. The van der Waals surface area contributed by atoms with E-state index in [0.29, 0.717) is 17.9 Å². The van der Waals surface area contributed by atoms with Crippen LogP contribution >= 0.6 is 0 Å². The Kier molecular flexibility index (Phi) is 4.69. The van der Waals surface area contributed by atoms with E-state index in [1.54, 1.807) is 0 Å². The van der Waals surface area contributed by atoms with Gasteiger partial charge in [0.25, 0.3) is 0 Å². The maximum absolute atomic E-state index is 7.38. The highest BCUT2D eigenvalue weighted by atomic mass is 16.6. The molecule has 8 nitrogen and oxygen atoms in total. The van der Waals surface area contributed by atoms with E-state index in [4.69, 9.17) is 15.9 Å². The highest BCUT2D eigenvalue weighted by Gasteiger charge is 2.28. The van der Waals surface area contributed by atoms with E-state index in [-0.39, 0.29) is 11.4 Å². The van der Waals surface area contributed by atoms with Gasteiger partial charge in [-0.05, 0) is 19.0 Å². The van der Waals surface area contributed by atoms with Gasteiger partial charge in [-0.1, -0.05) is 5.16 Å². The summed E-state index contributed by atoms with van der Waals surface area (Å²) in [5, 5.41) is 18.1. The average Bonchev–Trinajstić information content (AvgIpc) is 2.88. The molecule has 0 radical (unpaired) electrons. The molecule has 20 heavy (non-hydrogen) atoms. The lowest BCUT2D eigenvalue weighted by atomic mass is 10.0. The van der Waals surface area contributed by atoms with Crippen LogP contribution in [0.5, 0.6) is 0 Å². The van der Waals surface area contributed by atoms with Gasteiger partial charge in [-0.15, -0.1) is 0 Å². The number of amidine groups is 1. The van der Waals surface area contributed by atoms with Gasteiger partial charge >= 0.3 is 0 Å². The first-order chi connectivity index (χ1) is 9.50. The normalized spacial score (nSPS) is 17.3. The lowest BCUT2D eigenvalue weighted by molar-refractivity contribution is -0.00970. The SMILES string of the molecule is CC(C)(CNCc1nonc1C(=N)N)N1CCOCC1. The molecule has 0 saturated carbocycles. The van der Waals surface area contributed by atoms with Crippen LogP contribution in [0.1, 0.15) is 25.2 Å². The molecule has 8 heteroatoms. The second kappa shape index (κ2) is 6.29. The van der Waals surface area contributed by atoms with Crippen molar-refractivity contribution < 1.29 is 9.37 Å². The number of hydrogen-bond acceptors (Lipinski definition) is 7. The topological polar surface area (TPSA) is 113 Å². The van der Waals surface area contributed by atoms with Crippen molar-refractivity contribution in [1.82, 2.24) is 20.5 Å². The van der Waals surface area contributed by atoms with Crippen LogP contribution in [0.2, 0.25) is 0 Å². The largest absolute Gasteiger partial charge is 0.382 e. The second-order valence-electron chi connectivity index (χ2n) is 5.49. The monoisotopic (exact) mass is 282 g/mol. The van der Waals surface area contributed by atoms with E-state index in [1.165, 1.54) is 0 Å². The zero-order valence-corrected chi connectivity index (χ0v) is 12.0. The van der Waals surface area contributed by atoms with Crippen molar-refractivity contribution in [2.45, 2.75) is 25.9 Å². The summed E-state index contributed by atoms with van der Waals surface area (Å²) in [5.74, 6) is -0.129. The molecule has 0 unspecified atom stereocenters. The zero-order chi connectivity index (χ0) is 14.6. The fourth-order valence-corrected chi connectivity index (χ4v) is 2.29. The molecular formula is C12H22N6O2. The van der Waals surface area contributed by atoms with Gasteiger partial charge in [0.2, 0.25) is 0 Å². The summed E-state index contributed by atoms with van der Waals surface area (Å²) in [6.45, 7) is 9.11. The molecule has 0 aliphatic carbocycles. The summed E-state index contributed by atoms with van der Waals surface area (Å²) in [5.41, 5.74) is 6.30. The molecule has 0 aromatic carbocycles. The van der Waals surface area contributed by atoms with Gasteiger partial charge in [0.05, 0.1) is 13.2 Å². The van der Waals surface area contributed by atoms with E-state index >= 15 is 0 Å². The number of morpholine rings is 1. The van der Waals surface area contributed by atoms with Crippen molar-refractivity contribution in [3.63, 3.8) is 0 Å². The lowest BCUT2D eigenvalue weighted by Gasteiger charge is -2.41. The van der Waals surface area contributed by atoms with Crippen molar-refractivity contribution in [3.8, 4) is 0 Å². The molecule has 1 aromatic heterocycles. The van der Waals surface area contributed by atoms with Gasteiger partial charge in [0.1, 0.15) is 11.5 Å². The molecule has 0 amide bonds. The minimum Gasteiger partial charge on any atom is -0.382 e. The Balaban J connectivity index is 1.85. The standard InChI is InChI=1S/C12H22N6O2/c1-12(2,18-3-5-19-6-4-18)8-15-7-9-10(11(13)14)17-20-16-9/h15H,3-8H2,1-2H3,(H3,13,14). The fraction of sp³-hybridized carbons (Fsp3) is 0.750. The fourth-order valence-electron chi connectivity index (χ4n) is 2.29. The first-order valence-electron chi connectivity index (χ1n) is 6.70. The maximum atomic E-state index is 7.38.